The number of nitrogens with one attached hydrogen (secondary N) is 3. The first kappa shape index (κ1) is 13.9. The van der Waals surface area contributed by atoms with E-state index in [1.165, 1.54) is 0 Å². The van der Waals surface area contributed by atoms with E-state index in [1.807, 2.05) is 48.1 Å². The summed E-state index contributed by atoms with van der Waals surface area (Å²) >= 11 is 0. The number of aromatic amines is 1. The highest BCUT2D eigenvalue weighted by molar-refractivity contribution is 5.99. The Labute approximate surface area is 127 Å². The molecule has 0 saturated carbocycles. The van der Waals surface area contributed by atoms with Gasteiger partial charge in [0.2, 0.25) is 0 Å². The molecular weight excluding hydrogens is 280 g/mol. The van der Waals surface area contributed by atoms with Gasteiger partial charge in [0, 0.05) is 23.6 Å². The molecule has 0 aliphatic heterocycles. The first-order valence-corrected chi connectivity index (χ1v) is 6.85. The third-order valence-electron chi connectivity index (χ3n) is 3.18. The van der Waals surface area contributed by atoms with Crippen LogP contribution in [0.3, 0.4) is 0 Å². The molecule has 0 aliphatic rings. The molecular formula is C15H16N6O. The van der Waals surface area contributed by atoms with Gasteiger partial charge in [0.25, 0.3) is 0 Å². The van der Waals surface area contributed by atoms with Crippen LogP contribution in [0.4, 0.5) is 16.3 Å². The molecule has 112 valence electrons. The van der Waals surface area contributed by atoms with E-state index in [0.717, 1.165) is 16.8 Å². The molecule has 2 heterocycles. The zero-order valence-corrected chi connectivity index (χ0v) is 12.1. The number of urea groups is 1. The molecule has 0 aliphatic carbocycles. The lowest BCUT2D eigenvalue weighted by atomic mass is 10.2. The average molecular weight is 296 g/mol. The molecule has 3 rings (SSSR count). The Bertz CT molecular complexity index is 745. The normalized spacial score (nSPS) is 10.4. The molecule has 0 spiro atoms. The second kappa shape index (κ2) is 6.13. The molecule has 3 aromatic rings. The number of aryl methyl sites for hydroxylation is 1. The first-order chi connectivity index (χ1) is 10.7. The Morgan fingerprint density at radius 3 is 2.73 bits per heavy atom. The molecule has 0 radical (unpaired) electrons. The fraction of sp³-hybridized carbons (Fsp3) is 0.133. The fourth-order valence-corrected chi connectivity index (χ4v) is 2.02. The molecule has 22 heavy (non-hydrogen) atoms. The number of hydrogen-bond acceptors (Lipinski definition) is 3. The number of aromatic nitrogens is 4. The van der Waals surface area contributed by atoms with E-state index >= 15 is 0 Å². The van der Waals surface area contributed by atoms with E-state index in [0.29, 0.717) is 12.4 Å². The number of rotatable bonds is 4. The number of benzene rings is 1. The van der Waals surface area contributed by atoms with Gasteiger partial charge in [-0.2, -0.15) is 10.2 Å². The lowest BCUT2D eigenvalue weighted by Crippen LogP contribution is -2.20. The summed E-state index contributed by atoms with van der Waals surface area (Å²) in [4.78, 5) is 11.9. The van der Waals surface area contributed by atoms with Crippen molar-refractivity contribution >= 4 is 17.5 Å². The van der Waals surface area contributed by atoms with Crippen LogP contribution < -0.4 is 10.6 Å². The Morgan fingerprint density at radius 1 is 1.27 bits per heavy atom. The molecule has 1 aromatic carbocycles. The molecule has 0 atom stereocenters. The van der Waals surface area contributed by atoms with Crippen LogP contribution in [0.1, 0.15) is 11.1 Å². The summed E-state index contributed by atoms with van der Waals surface area (Å²) in [6, 6.07) is 9.21. The van der Waals surface area contributed by atoms with Gasteiger partial charge in [-0.3, -0.25) is 15.1 Å². The van der Waals surface area contributed by atoms with Gasteiger partial charge in [-0.15, -0.1) is 0 Å². The Balaban J connectivity index is 1.58. The van der Waals surface area contributed by atoms with Crippen molar-refractivity contribution in [3.05, 3.63) is 60.0 Å². The quantitative estimate of drug-likeness (QED) is 0.691. The van der Waals surface area contributed by atoms with Crippen LogP contribution in [0.2, 0.25) is 0 Å². The zero-order chi connectivity index (χ0) is 15.4. The maximum atomic E-state index is 11.9. The van der Waals surface area contributed by atoms with E-state index in [4.69, 9.17) is 0 Å². The van der Waals surface area contributed by atoms with E-state index < -0.39 is 0 Å². The topological polar surface area (TPSA) is 87.6 Å². The van der Waals surface area contributed by atoms with Crippen molar-refractivity contribution in [2.75, 3.05) is 10.6 Å². The third-order valence-corrected chi connectivity index (χ3v) is 3.18. The average Bonchev–Trinajstić information content (AvgIpc) is 3.14. The number of carbonyl (C=O) groups excluding carboxylic acids is 1. The van der Waals surface area contributed by atoms with Crippen molar-refractivity contribution in [1.29, 1.82) is 0 Å². The van der Waals surface area contributed by atoms with Gasteiger partial charge in [-0.25, -0.2) is 4.79 Å². The summed E-state index contributed by atoms with van der Waals surface area (Å²) in [5.41, 5.74) is 2.71. The smallest absolute Gasteiger partial charge is 0.308 e. The van der Waals surface area contributed by atoms with Crippen LogP contribution in [0.15, 0.2) is 48.9 Å². The zero-order valence-electron chi connectivity index (χ0n) is 12.1. The minimum Gasteiger partial charge on any atom is -0.308 e. The van der Waals surface area contributed by atoms with Crippen molar-refractivity contribution in [3.63, 3.8) is 0 Å². The largest absolute Gasteiger partial charge is 0.324 e. The molecule has 0 saturated heterocycles. The molecule has 2 amide bonds. The van der Waals surface area contributed by atoms with Gasteiger partial charge in [0.15, 0.2) is 0 Å². The minimum absolute atomic E-state index is 0.313. The molecule has 7 heteroatoms. The van der Waals surface area contributed by atoms with Crippen molar-refractivity contribution in [3.8, 4) is 0 Å². The van der Waals surface area contributed by atoms with Gasteiger partial charge in [-0.1, -0.05) is 12.1 Å². The third kappa shape index (κ3) is 3.32. The second-order valence-corrected chi connectivity index (χ2v) is 4.91. The SMILES string of the molecule is Cc1cn[nH]c1NC(=O)Nc1ccc(Cn2cccn2)cc1. The highest BCUT2D eigenvalue weighted by Crippen LogP contribution is 2.12. The summed E-state index contributed by atoms with van der Waals surface area (Å²) in [5.74, 6) is 0.591. The van der Waals surface area contributed by atoms with Crippen LogP contribution in [-0.4, -0.2) is 26.0 Å². The molecule has 3 N–H and O–H groups in total. The number of hydrogen-bond donors (Lipinski definition) is 3. The van der Waals surface area contributed by atoms with Crippen LogP contribution in [0, 0.1) is 6.92 Å². The van der Waals surface area contributed by atoms with Crippen LogP contribution in [0.25, 0.3) is 0 Å². The summed E-state index contributed by atoms with van der Waals surface area (Å²) in [6.45, 7) is 2.57. The fourth-order valence-electron chi connectivity index (χ4n) is 2.02. The second-order valence-electron chi connectivity index (χ2n) is 4.91. The summed E-state index contributed by atoms with van der Waals surface area (Å²) in [6.07, 6.45) is 5.31. The number of nitrogens with zero attached hydrogens (tertiary/aromatic N) is 3. The van der Waals surface area contributed by atoms with Crippen LogP contribution in [-0.2, 0) is 6.54 Å². The van der Waals surface area contributed by atoms with E-state index in [2.05, 4.69) is 25.9 Å². The van der Waals surface area contributed by atoms with E-state index in [1.54, 1.807) is 12.4 Å². The first-order valence-electron chi connectivity index (χ1n) is 6.85. The van der Waals surface area contributed by atoms with Gasteiger partial charge in [-0.05, 0) is 30.7 Å². The van der Waals surface area contributed by atoms with Crippen molar-refractivity contribution < 1.29 is 4.79 Å². The Kier molecular flexibility index (Phi) is 3.86. The van der Waals surface area contributed by atoms with Crippen LogP contribution in [0.5, 0.6) is 0 Å². The predicted octanol–water partition coefficient (Wildman–Crippen LogP) is 2.61. The minimum atomic E-state index is -0.313. The summed E-state index contributed by atoms with van der Waals surface area (Å²) in [5, 5.41) is 16.2. The van der Waals surface area contributed by atoms with Crippen molar-refractivity contribution in [2.45, 2.75) is 13.5 Å². The van der Waals surface area contributed by atoms with Crippen molar-refractivity contribution in [1.82, 2.24) is 20.0 Å². The number of H-pyrrole nitrogens is 1. The summed E-state index contributed by atoms with van der Waals surface area (Å²) in [7, 11) is 0. The number of amides is 2. The standard InChI is InChI=1S/C15H16N6O/c1-11-9-16-20-14(11)19-15(22)18-13-5-3-12(4-6-13)10-21-8-2-7-17-21/h2-9H,10H2,1H3,(H3,16,18,19,20,22). The van der Waals surface area contributed by atoms with Gasteiger partial charge in [0.1, 0.15) is 5.82 Å². The summed E-state index contributed by atoms with van der Waals surface area (Å²) < 4.78 is 1.84. The lowest BCUT2D eigenvalue weighted by Gasteiger charge is -2.08. The number of anilines is 2. The van der Waals surface area contributed by atoms with Gasteiger partial charge >= 0.3 is 6.03 Å². The molecule has 7 nitrogen and oxygen atoms in total. The molecule has 0 unspecified atom stereocenters. The van der Waals surface area contributed by atoms with Crippen molar-refractivity contribution in [2.24, 2.45) is 0 Å². The predicted molar refractivity (Wildman–Crippen MR) is 83.7 cm³/mol. The Hall–Kier alpha value is -3.09. The van der Waals surface area contributed by atoms with Gasteiger partial charge < -0.3 is 5.32 Å². The molecule has 0 bridgehead atoms. The maximum Gasteiger partial charge on any atom is 0.324 e. The molecule has 0 fully saturated rings. The van der Waals surface area contributed by atoms with E-state index in [-0.39, 0.29) is 6.03 Å². The Morgan fingerprint density at radius 2 is 2.09 bits per heavy atom. The van der Waals surface area contributed by atoms with E-state index in [9.17, 15) is 4.79 Å². The lowest BCUT2D eigenvalue weighted by molar-refractivity contribution is 0.262. The van der Waals surface area contributed by atoms with Gasteiger partial charge in [0.05, 0.1) is 12.7 Å². The maximum absolute atomic E-state index is 11.9. The highest BCUT2D eigenvalue weighted by atomic mass is 16.2. The van der Waals surface area contributed by atoms with Crippen LogP contribution >= 0.6 is 0 Å². The monoisotopic (exact) mass is 296 g/mol. The molecule has 2 aromatic heterocycles. The number of carbonyl (C=O) groups is 1. The highest BCUT2D eigenvalue weighted by Gasteiger charge is 2.06.